The van der Waals surface area contributed by atoms with Crippen LogP contribution < -0.4 is 10.1 Å². The summed E-state index contributed by atoms with van der Waals surface area (Å²) >= 11 is 0. The minimum absolute atomic E-state index is 0.0985. The third kappa shape index (κ3) is 5.58. The van der Waals surface area contributed by atoms with Gasteiger partial charge in [-0.2, -0.15) is 0 Å². The van der Waals surface area contributed by atoms with Crippen LogP contribution in [0.4, 0.5) is 5.69 Å². The van der Waals surface area contributed by atoms with Crippen LogP contribution in [-0.4, -0.2) is 46.7 Å². The minimum Gasteiger partial charge on any atom is -0.482 e. The van der Waals surface area contributed by atoms with E-state index in [0.29, 0.717) is 12.3 Å². The Kier molecular flexibility index (Phi) is 6.70. The van der Waals surface area contributed by atoms with Crippen molar-refractivity contribution in [1.29, 1.82) is 0 Å². The monoisotopic (exact) mass is 269 g/mol. The van der Waals surface area contributed by atoms with Gasteiger partial charge < -0.3 is 24.3 Å². The third-order valence-electron chi connectivity index (χ3n) is 2.44. The third-order valence-corrected chi connectivity index (χ3v) is 2.44. The molecule has 19 heavy (non-hydrogen) atoms. The summed E-state index contributed by atoms with van der Waals surface area (Å²) in [4.78, 5) is 10.9. The van der Waals surface area contributed by atoms with Crippen molar-refractivity contribution in [2.75, 3.05) is 39.8 Å². The summed E-state index contributed by atoms with van der Waals surface area (Å²) in [5.41, 5.74) is 0.907. The fraction of sp³-hybridized carbons (Fsp3) is 0.462. The number of carbonyl (C=O) groups is 1. The van der Waals surface area contributed by atoms with E-state index in [-0.39, 0.29) is 12.9 Å². The van der Waals surface area contributed by atoms with E-state index in [2.05, 4.69) is 10.1 Å². The van der Waals surface area contributed by atoms with E-state index in [0.717, 1.165) is 5.69 Å². The van der Waals surface area contributed by atoms with E-state index in [1.54, 1.807) is 26.4 Å². The summed E-state index contributed by atoms with van der Waals surface area (Å²) in [6.07, 6.45) is -0.296. The van der Waals surface area contributed by atoms with Crippen LogP contribution in [0.25, 0.3) is 0 Å². The standard InChI is InChI=1S/C13H19NO5/c1-16-12(15)9-19-11-6-4-10(5-7-11)14-8-13(17-2)18-3/h4-7,13-14H,8-9H2,1-3H3. The van der Waals surface area contributed by atoms with Gasteiger partial charge in [0.1, 0.15) is 5.75 Å². The van der Waals surface area contributed by atoms with Gasteiger partial charge in [0.25, 0.3) is 0 Å². The van der Waals surface area contributed by atoms with Gasteiger partial charge in [-0.25, -0.2) is 4.79 Å². The number of esters is 1. The van der Waals surface area contributed by atoms with E-state index in [1.807, 2.05) is 12.1 Å². The Morgan fingerprint density at radius 1 is 1.16 bits per heavy atom. The highest BCUT2D eigenvalue weighted by molar-refractivity contribution is 5.70. The SMILES string of the molecule is COC(=O)COc1ccc(NCC(OC)OC)cc1. The van der Waals surface area contributed by atoms with Crippen LogP contribution in [0.3, 0.4) is 0 Å². The molecule has 1 aromatic carbocycles. The number of benzene rings is 1. The van der Waals surface area contributed by atoms with E-state index >= 15 is 0 Å². The van der Waals surface area contributed by atoms with Crippen LogP contribution in [-0.2, 0) is 19.0 Å². The highest BCUT2D eigenvalue weighted by Crippen LogP contribution is 2.15. The zero-order valence-electron chi connectivity index (χ0n) is 11.3. The molecular weight excluding hydrogens is 250 g/mol. The van der Waals surface area contributed by atoms with Crippen LogP contribution in [0, 0.1) is 0 Å². The molecule has 0 bridgehead atoms. The predicted octanol–water partition coefficient (Wildman–Crippen LogP) is 1.27. The first-order chi connectivity index (χ1) is 9.19. The predicted molar refractivity (Wildman–Crippen MR) is 70.2 cm³/mol. The first-order valence-electron chi connectivity index (χ1n) is 5.78. The number of ether oxygens (including phenoxy) is 4. The molecule has 106 valence electrons. The zero-order chi connectivity index (χ0) is 14.1. The Labute approximate surface area is 112 Å². The second-order valence-electron chi connectivity index (χ2n) is 3.67. The van der Waals surface area contributed by atoms with Crippen molar-refractivity contribution in [2.45, 2.75) is 6.29 Å². The summed E-state index contributed by atoms with van der Waals surface area (Å²) in [7, 11) is 4.49. The van der Waals surface area contributed by atoms with Gasteiger partial charge in [-0.3, -0.25) is 0 Å². The molecule has 6 heteroatoms. The molecule has 0 aromatic heterocycles. The van der Waals surface area contributed by atoms with E-state index < -0.39 is 5.97 Å². The van der Waals surface area contributed by atoms with Gasteiger partial charge >= 0.3 is 5.97 Å². The highest BCUT2D eigenvalue weighted by atomic mass is 16.7. The summed E-state index contributed by atoms with van der Waals surface area (Å²) in [6, 6.07) is 7.21. The Morgan fingerprint density at radius 2 is 1.79 bits per heavy atom. The molecule has 0 aliphatic carbocycles. The van der Waals surface area contributed by atoms with Gasteiger partial charge in [-0.1, -0.05) is 0 Å². The molecule has 0 aliphatic heterocycles. The molecule has 0 spiro atoms. The fourth-order valence-electron chi connectivity index (χ4n) is 1.33. The Hall–Kier alpha value is -1.79. The second-order valence-corrected chi connectivity index (χ2v) is 3.67. The van der Waals surface area contributed by atoms with Crippen molar-refractivity contribution in [3.63, 3.8) is 0 Å². The minimum atomic E-state index is -0.412. The van der Waals surface area contributed by atoms with Crippen LogP contribution in [0.2, 0.25) is 0 Å². The van der Waals surface area contributed by atoms with Gasteiger partial charge in [0.05, 0.1) is 13.7 Å². The average Bonchev–Trinajstić information content (AvgIpc) is 2.47. The molecule has 0 saturated heterocycles. The summed E-state index contributed by atoms with van der Waals surface area (Å²) in [6.45, 7) is 0.439. The van der Waals surface area contributed by atoms with Crippen LogP contribution in [0.15, 0.2) is 24.3 Å². The van der Waals surface area contributed by atoms with Crippen LogP contribution >= 0.6 is 0 Å². The average molecular weight is 269 g/mol. The van der Waals surface area contributed by atoms with Gasteiger partial charge in [0.2, 0.25) is 0 Å². The second kappa shape index (κ2) is 8.34. The lowest BCUT2D eigenvalue weighted by Gasteiger charge is -2.15. The summed E-state index contributed by atoms with van der Waals surface area (Å²) < 4.78 is 19.8. The number of carbonyl (C=O) groups excluding carboxylic acids is 1. The van der Waals surface area contributed by atoms with Crippen LogP contribution in [0.1, 0.15) is 0 Å². The van der Waals surface area contributed by atoms with Crippen molar-refractivity contribution in [3.05, 3.63) is 24.3 Å². The lowest BCUT2D eigenvalue weighted by atomic mass is 10.3. The molecule has 0 radical (unpaired) electrons. The number of rotatable bonds is 8. The molecule has 1 rings (SSSR count). The number of hydrogen-bond acceptors (Lipinski definition) is 6. The molecule has 0 unspecified atom stereocenters. The first-order valence-corrected chi connectivity index (χ1v) is 5.78. The molecule has 6 nitrogen and oxygen atoms in total. The topological polar surface area (TPSA) is 66.0 Å². The maximum Gasteiger partial charge on any atom is 0.343 e. The lowest BCUT2D eigenvalue weighted by Crippen LogP contribution is -2.23. The van der Waals surface area contributed by atoms with E-state index in [4.69, 9.17) is 14.2 Å². The van der Waals surface area contributed by atoms with Gasteiger partial charge in [-0.15, -0.1) is 0 Å². The Morgan fingerprint density at radius 3 is 2.32 bits per heavy atom. The number of hydrogen-bond donors (Lipinski definition) is 1. The maximum absolute atomic E-state index is 10.9. The van der Waals surface area contributed by atoms with Crippen molar-refractivity contribution in [1.82, 2.24) is 0 Å². The van der Waals surface area contributed by atoms with E-state index in [9.17, 15) is 4.79 Å². The molecule has 0 heterocycles. The normalized spacial score (nSPS) is 10.3. The largest absolute Gasteiger partial charge is 0.482 e. The van der Waals surface area contributed by atoms with Gasteiger partial charge in [-0.05, 0) is 24.3 Å². The molecule has 0 amide bonds. The number of nitrogens with one attached hydrogen (secondary N) is 1. The molecular formula is C13H19NO5. The van der Waals surface area contributed by atoms with Crippen molar-refractivity contribution in [2.24, 2.45) is 0 Å². The fourth-order valence-corrected chi connectivity index (χ4v) is 1.33. The smallest absolute Gasteiger partial charge is 0.343 e. The van der Waals surface area contributed by atoms with Gasteiger partial charge in [0.15, 0.2) is 12.9 Å². The number of anilines is 1. The first kappa shape index (κ1) is 15.3. The molecule has 1 N–H and O–H groups in total. The van der Waals surface area contributed by atoms with Crippen molar-refractivity contribution < 1.29 is 23.7 Å². The van der Waals surface area contributed by atoms with Gasteiger partial charge in [0, 0.05) is 19.9 Å². The lowest BCUT2D eigenvalue weighted by molar-refractivity contribution is -0.142. The Bertz CT molecular complexity index is 375. The van der Waals surface area contributed by atoms with E-state index in [1.165, 1.54) is 7.11 Å². The molecule has 0 fully saturated rings. The molecule has 0 aliphatic rings. The maximum atomic E-state index is 10.9. The molecule has 1 aromatic rings. The zero-order valence-corrected chi connectivity index (χ0v) is 11.3. The summed E-state index contributed by atoms with van der Waals surface area (Å²) in [5.74, 6) is 0.191. The molecule has 0 atom stereocenters. The number of methoxy groups -OCH3 is 3. The Balaban J connectivity index is 2.41. The summed E-state index contributed by atoms with van der Waals surface area (Å²) in [5, 5.41) is 3.15. The van der Waals surface area contributed by atoms with Crippen molar-refractivity contribution >= 4 is 11.7 Å². The quantitative estimate of drug-likeness (QED) is 0.566. The molecule has 0 saturated carbocycles. The highest BCUT2D eigenvalue weighted by Gasteiger charge is 2.05. The van der Waals surface area contributed by atoms with Crippen LogP contribution in [0.5, 0.6) is 5.75 Å². The van der Waals surface area contributed by atoms with Crippen molar-refractivity contribution in [3.8, 4) is 5.75 Å².